The molecule has 0 radical (unpaired) electrons. The van der Waals surface area contributed by atoms with Crippen LogP contribution in [-0.2, 0) is 11.4 Å². The van der Waals surface area contributed by atoms with Crippen LogP contribution in [0.15, 0.2) is 66.4 Å². The number of rotatable bonds is 8. The molecule has 0 aliphatic carbocycles. The van der Waals surface area contributed by atoms with Crippen molar-refractivity contribution < 1.29 is 19.0 Å². The Hall–Kier alpha value is -3.26. The molecule has 186 valence electrons. The molecule has 6 nitrogen and oxygen atoms in total. The molecule has 0 bridgehead atoms. The number of thiocarbonyl (C=S) groups is 1. The van der Waals surface area contributed by atoms with Gasteiger partial charge in [0.1, 0.15) is 18.1 Å². The Morgan fingerprint density at radius 2 is 1.72 bits per heavy atom. The minimum atomic E-state index is -0.219. The molecular formula is C27H24Cl2N2O4S. The maximum absolute atomic E-state index is 13.3. The minimum absolute atomic E-state index is 0.219. The van der Waals surface area contributed by atoms with Gasteiger partial charge in [-0.1, -0.05) is 35.3 Å². The molecule has 1 aliphatic rings. The summed E-state index contributed by atoms with van der Waals surface area (Å²) in [5.74, 6) is 1.58. The highest BCUT2D eigenvalue weighted by molar-refractivity contribution is 7.80. The Labute approximate surface area is 225 Å². The summed E-state index contributed by atoms with van der Waals surface area (Å²) in [6, 6.07) is 17.9. The van der Waals surface area contributed by atoms with Crippen molar-refractivity contribution in [2.75, 3.05) is 25.7 Å². The fraction of sp³-hybridized carbons (Fsp3) is 0.185. The number of hydrogen-bond acceptors (Lipinski definition) is 5. The minimum Gasteiger partial charge on any atom is -0.494 e. The molecule has 3 aromatic carbocycles. The quantitative estimate of drug-likeness (QED) is 0.236. The number of ether oxygens (including phenoxy) is 3. The fourth-order valence-electron chi connectivity index (χ4n) is 3.69. The van der Waals surface area contributed by atoms with Gasteiger partial charge in [-0.3, -0.25) is 9.69 Å². The number of carbonyl (C=O) groups is 1. The van der Waals surface area contributed by atoms with E-state index < -0.39 is 0 Å². The van der Waals surface area contributed by atoms with E-state index in [9.17, 15) is 4.79 Å². The van der Waals surface area contributed by atoms with Crippen LogP contribution in [0.3, 0.4) is 0 Å². The summed E-state index contributed by atoms with van der Waals surface area (Å²) >= 11 is 17.8. The van der Waals surface area contributed by atoms with E-state index in [4.69, 9.17) is 49.6 Å². The van der Waals surface area contributed by atoms with Gasteiger partial charge in [0.25, 0.3) is 5.91 Å². The molecule has 3 aromatic rings. The fourth-order valence-corrected chi connectivity index (χ4v) is 4.44. The summed E-state index contributed by atoms with van der Waals surface area (Å²) in [6.45, 7) is 2.74. The average molecular weight is 543 g/mol. The lowest BCUT2D eigenvalue weighted by Crippen LogP contribution is -2.31. The molecule has 0 saturated carbocycles. The van der Waals surface area contributed by atoms with E-state index in [2.05, 4.69) is 0 Å². The standard InChI is InChI=1S/C27H24Cl2N2O4S/c1-4-34-21-10-8-20(9-11-21)31-26(32)23(30(2)27(31)36)13-17-5-12-24(25(14-17)33-3)35-16-18-6-7-19(28)15-22(18)29/h5-15H,4,16H2,1-3H3/b23-13-. The number of halogens is 2. The van der Waals surface area contributed by atoms with Crippen molar-refractivity contribution in [3.63, 3.8) is 0 Å². The van der Waals surface area contributed by atoms with Gasteiger partial charge in [-0.15, -0.1) is 0 Å². The summed E-state index contributed by atoms with van der Waals surface area (Å²) in [5.41, 5.74) is 2.68. The van der Waals surface area contributed by atoms with E-state index in [-0.39, 0.29) is 12.5 Å². The summed E-state index contributed by atoms with van der Waals surface area (Å²) in [6.07, 6.45) is 1.77. The largest absolute Gasteiger partial charge is 0.494 e. The van der Waals surface area contributed by atoms with Gasteiger partial charge in [0.15, 0.2) is 16.6 Å². The Kier molecular flexibility index (Phi) is 8.04. The molecular weight excluding hydrogens is 519 g/mol. The van der Waals surface area contributed by atoms with Crippen molar-refractivity contribution in [1.29, 1.82) is 0 Å². The van der Waals surface area contributed by atoms with Crippen molar-refractivity contribution in [3.05, 3.63) is 87.5 Å². The summed E-state index contributed by atoms with van der Waals surface area (Å²) < 4.78 is 17.0. The Bertz CT molecular complexity index is 1330. The third kappa shape index (κ3) is 5.43. The first-order chi connectivity index (χ1) is 17.3. The number of benzene rings is 3. The van der Waals surface area contributed by atoms with Gasteiger partial charge in [-0.2, -0.15) is 0 Å². The van der Waals surface area contributed by atoms with Crippen molar-refractivity contribution in [2.45, 2.75) is 13.5 Å². The summed E-state index contributed by atoms with van der Waals surface area (Å²) in [4.78, 5) is 16.5. The Morgan fingerprint density at radius 3 is 2.39 bits per heavy atom. The van der Waals surface area contributed by atoms with E-state index in [1.165, 1.54) is 4.90 Å². The molecule has 1 heterocycles. The summed E-state index contributed by atoms with van der Waals surface area (Å²) in [5, 5.41) is 1.48. The van der Waals surface area contributed by atoms with Crippen molar-refractivity contribution in [1.82, 2.24) is 4.90 Å². The molecule has 0 atom stereocenters. The molecule has 9 heteroatoms. The topological polar surface area (TPSA) is 51.2 Å². The highest BCUT2D eigenvalue weighted by Crippen LogP contribution is 2.33. The van der Waals surface area contributed by atoms with Crippen LogP contribution in [0, 0.1) is 0 Å². The van der Waals surface area contributed by atoms with Gasteiger partial charge in [0.2, 0.25) is 0 Å². The van der Waals surface area contributed by atoms with Crippen molar-refractivity contribution in [3.8, 4) is 17.2 Å². The van der Waals surface area contributed by atoms with Crippen LogP contribution >= 0.6 is 35.4 Å². The third-order valence-electron chi connectivity index (χ3n) is 5.56. The number of anilines is 1. The second kappa shape index (κ2) is 11.2. The molecule has 1 fully saturated rings. The molecule has 1 saturated heterocycles. The molecule has 0 N–H and O–H groups in total. The van der Waals surface area contributed by atoms with Gasteiger partial charge in [-0.25, -0.2) is 0 Å². The number of hydrogen-bond donors (Lipinski definition) is 0. The van der Waals surface area contributed by atoms with E-state index >= 15 is 0 Å². The molecule has 4 rings (SSSR count). The molecule has 1 amide bonds. The van der Waals surface area contributed by atoms with Crippen molar-refractivity contribution in [2.24, 2.45) is 0 Å². The van der Waals surface area contributed by atoms with Gasteiger partial charge in [0.05, 0.1) is 19.4 Å². The number of methoxy groups -OCH3 is 1. The van der Waals surface area contributed by atoms with Gasteiger partial charge >= 0.3 is 0 Å². The average Bonchev–Trinajstić information content (AvgIpc) is 3.07. The predicted octanol–water partition coefficient (Wildman–Crippen LogP) is 6.58. The number of amides is 1. The van der Waals surface area contributed by atoms with Crippen LogP contribution < -0.4 is 19.1 Å². The van der Waals surface area contributed by atoms with E-state index in [0.717, 1.165) is 16.9 Å². The maximum atomic E-state index is 13.3. The molecule has 0 unspecified atom stereocenters. The second-order valence-electron chi connectivity index (χ2n) is 7.87. The third-order valence-corrected chi connectivity index (χ3v) is 6.60. The number of carbonyl (C=O) groups excluding carboxylic acids is 1. The van der Waals surface area contributed by atoms with Crippen LogP contribution in [0.5, 0.6) is 17.2 Å². The molecule has 36 heavy (non-hydrogen) atoms. The Morgan fingerprint density at radius 1 is 0.972 bits per heavy atom. The first-order valence-electron chi connectivity index (χ1n) is 11.1. The predicted molar refractivity (Wildman–Crippen MR) is 147 cm³/mol. The van der Waals surface area contributed by atoms with Crippen LogP contribution in [-0.4, -0.2) is 36.7 Å². The monoisotopic (exact) mass is 542 g/mol. The lowest BCUT2D eigenvalue weighted by Gasteiger charge is -2.16. The zero-order chi connectivity index (χ0) is 25.8. The zero-order valence-corrected chi connectivity index (χ0v) is 22.3. The highest BCUT2D eigenvalue weighted by atomic mass is 35.5. The van der Waals surface area contributed by atoms with Crippen LogP contribution in [0.25, 0.3) is 6.08 Å². The smallest absolute Gasteiger partial charge is 0.281 e. The van der Waals surface area contributed by atoms with E-state index in [1.54, 1.807) is 49.4 Å². The Balaban J connectivity index is 1.55. The van der Waals surface area contributed by atoms with Gasteiger partial charge in [-0.05, 0) is 79.3 Å². The maximum Gasteiger partial charge on any atom is 0.281 e. The van der Waals surface area contributed by atoms with Gasteiger partial charge in [0, 0.05) is 22.7 Å². The number of nitrogens with zero attached hydrogens (tertiary/aromatic N) is 2. The molecule has 1 aliphatic heterocycles. The van der Waals surface area contributed by atoms with E-state index in [0.29, 0.717) is 44.6 Å². The van der Waals surface area contributed by atoms with Crippen molar-refractivity contribution >= 4 is 58.2 Å². The highest BCUT2D eigenvalue weighted by Gasteiger charge is 2.36. The summed E-state index contributed by atoms with van der Waals surface area (Å²) in [7, 11) is 3.33. The van der Waals surface area contributed by atoms with Crippen LogP contribution in [0.1, 0.15) is 18.1 Å². The lowest BCUT2D eigenvalue weighted by atomic mass is 10.1. The SMILES string of the molecule is CCOc1ccc(N2C(=O)/C(=C/c3ccc(OCc4ccc(Cl)cc4Cl)c(OC)c3)N(C)C2=S)cc1. The second-order valence-corrected chi connectivity index (χ2v) is 9.08. The number of likely N-dealkylation sites (N-methyl/N-ethyl adjacent to an activating group) is 1. The normalized spacial score (nSPS) is 14.5. The lowest BCUT2D eigenvalue weighted by molar-refractivity contribution is -0.114. The van der Waals surface area contributed by atoms with E-state index in [1.807, 2.05) is 43.3 Å². The van der Waals surface area contributed by atoms with Crippen LogP contribution in [0.2, 0.25) is 10.0 Å². The van der Waals surface area contributed by atoms with Gasteiger partial charge < -0.3 is 19.1 Å². The first-order valence-corrected chi connectivity index (χ1v) is 12.3. The molecule has 0 aromatic heterocycles. The first kappa shape index (κ1) is 25.8. The van der Waals surface area contributed by atoms with Crippen LogP contribution in [0.4, 0.5) is 5.69 Å². The zero-order valence-electron chi connectivity index (χ0n) is 20.0. The molecule has 0 spiro atoms.